The van der Waals surface area contributed by atoms with Gasteiger partial charge < -0.3 is 14.6 Å². The maximum Gasteiger partial charge on any atom is 0.338 e. The maximum absolute atomic E-state index is 12.6. The summed E-state index contributed by atoms with van der Waals surface area (Å²) in [6.45, 7) is 10.5. The first-order valence-electron chi connectivity index (χ1n) is 11.9. The molecule has 2 heterocycles. The normalized spacial score (nSPS) is 20.3. The topological polar surface area (TPSA) is 105 Å². The lowest BCUT2D eigenvalue weighted by Crippen LogP contribution is -2.41. The highest BCUT2D eigenvalue weighted by Crippen LogP contribution is 2.52. The van der Waals surface area contributed by atoms with Gasteiger partial charge in [0.2, 0.25) is 5.91 Å². The fraction of sp³-hybridized carbons (Fsp3) is 0.444. The molecule has 2 aromatic carbocycles. The van der Waals surface area contributed by atoms with E-state index in [1.807, 2.05) is 41.7 Å². The minimum Gasteiger partial charge on any atom is -0.507 e. The summed E-state index contributed by atoms with van der Waals surface area (Å²) in [4.78, 5) is 37.8. The fourth-order valence-electron chi connectivity index (χ4n) is 5.02. The molecule has 8 nitrogen and oxygen atoms in total. The molecule has 36 heavy (non-hydrogen) atoms. The summed E-state index contributed by atoms with van der Waals surface area (Å²) in [6.07, 6.45) is 0.414. The van der Waals surface area contributed by atoms with Gasteiger partial charge >= 0.3 is 5.97 Å². The van der Waals surface area contributed by atoms with E-state index in [0.29, 0.717) is 24.3 Å². The van der Waals surface area contributed by atoms with E-state index in [1.54, 1.807) is 24.3 Å². The molecule has 2 unspecified atom stereocenters. The van der Waals surface area contributed by atoms with Crippen molar-refractivity contribution < 1.29 is 29.0 Å². The molecule has 0 radical (unpaired) electrons. The average molecular weight is 513 g/mol. The van der Waals surface area contributed by atoms with Gasteiger partial charge in [0.1, 0.15) is 23.7 Å². The number of imide groups is 1. The van der Waals surface area contributed by atoms with Crippen molar-refractivity contribution >= 4 is 28.9 Å². The number of carbonyl (C=O) groups is 3. The second-order valence-corrected chi connectivity index (χ2v) is 11.2. The number of thioether (sulfide) groups is 1. The van der Waals surface area contributed by atoms with Crippen LogP contribution in [0.1, 0.15) is 58.1 Å². The predicted molar refractivity (Wildman–Crippen MR) is 138 cm³/mol. The summed E-state index contributed by atoms with van der Waals surface area (Å²) in [5.74, 6) is 0.395. The number of amides is 2. The van der Waals surface area contributed by atoms with E-state index in [0.717, 1.165) is 45.3 Å². The van der Waals surface area contributed by atoms with Crippen LogP contribution in [0.25, 0.3) is 0 Å². The van der Waals surface area contributed by atoms with E-state index < -0.39 is 16.8 Å². The van der Waals surface area contributed by atoms with Crippen molar-refractivity contribution in [1.29, 1.82) is 0 Å². The van der Waals surface area contributed by atoms with Crippen molar-refractivity contribution in [3.63, 3.8) is 0 Å². The van der Waals surface area contributed by atoms with Gasteiger partial charge in [0.05, 0.1) is 16.9 Å². The molecule has 2 amide bonds. The minimum atomic E-state index is -0.522. The molecule has 1 fully saturated rings. The maximum atomic E-state index is 12.6. The third kappa shape index (κ3) is 4.82. The number of rotatable bonds is 7. The van der Waals surface area contributed by atoms with Crippen LogP contribution in [0.2, 0.25) is 0 Å². The SMILES string of the molecule is Cc1c(C)c2c(c(C)c1O)C(N(C)CCOC(=O)c1ccc(CC3SC(=O)NC3=O)cc1)C(C)(C)O2. The van der Waals surface area contributed by atoms with Crippen LogP contribution in [0.3, 0.4) is 0 Å². The molecule has 1 saturated heterocycles. The van der Waals surface area contributed by atoms with Crippen molar-refractivity contribution in [1.82, 2.24) is 10.2 Å². The molecule has 4 rings (SSSR count). The van der Waals surface area contributed by atoms with Crippen LogP contribution in [0.15, 0.2) is 24.3 Å². The number of nitrogens with one attached hydrogen (secondary N) is 1. The molecule has 192 valence electrons. The third-order valence-corrected chi connectivity index (χ3v) is 8.04. The van der Waals surface area contributed by atoms with Crippen molar-refractivity contribution in [2.75, 3.05) is 20.2 Å². The molecule has 9 heteroatoms. The summed E-state index contributed by atoms with van der Waals surface area (Å²) < 4.78 is 11.9. The lowest BCUT2D eigenvalue weighted by molar-refractivity contribution is -0.118. The molecular formula is C27H32N2O6S. The summed E-state index contributed by atoms with van der Waals surface area (Å²) in [7, 11) is 1.96. The Bertz CT molecular complexity index is 1220. The van der Waals surface area contributed by atoms with Gasteiger partial charge in [-0.3, -0.25) is 19.8 Å². The van der Waals surface area contributed by atoms with E-state index in [9.17, 15) is 19.5 Å². The molecule has 2 aliphatic heterocycles. The highest BCUT2D eigenvalue weighted by molar-refractivity contribution is 8.15. The summed E-state index contributed by atoms with van der Waals surface area (Å²) in [5.41, 5.74) is 4.30. The van der Waals surface area contributed by atoms with E-state index >= 15 is 0 Å². The second kappa shape index (κ2) is 9.78. The van der Waals surface area contributed by atoms with E-state index in [4.69, 9.17) is 9.47 Å². The van der Waals surface area contributed by atoms with Gasteiger partial charge in [-0.15, -0.1) is 0 Å². The van der Waals surface area contributed by atoms with Crippen molar-refractivity contribution in [2.45, 2.75) is 57.9 Å². The van der Waals surface area contributed by atoms with E-state index in [2.05, 4.69) is 10.2 Å². The van der Waals surface area contributed by atoms with Crippen LogP contribution in [-0.2, 0) is 16.0 Å². The Labute approximate surface area is 215 Å². The zero-order chi connectivity index (χ0) is 26.4. The number of nitrogens with zero attached hydrogens (tertiary/aromatic N) is 1. The van der Waals surface area contributed by atoms with Gasteiger partial charge in [-0.2, -0.15) is 0 Å². The van der Waals surface area contributed by atoms with Crippen LogP contribution in [0.4, 0.5) is 4.79 Å². The Hall–Kier alpha value is -3.04. The van der Waals surface area contributed by atoms with Crippen molar-refractivity contribution in [2.24, 2.45) is 0 Å². The van der Waals surface area contributed by atoms with Crippen LogP contribution in [0.5, 0.6) is 11.5 Å². The minimum absolute atomic E-state index is 0.117. The molecule has 2 aromatic rings. The molecule has 2 aliphatic rings. The second-order valence-electron chi connectivity index (χ2n) is 9.98. The Morgan fingerprint density at radius 1 is 1.14 bits per heavy atom. The lowest BCUT2D eigenvalue weighted by Gasteiger charge is -2.34. The fourth-order valence-corrected chi connectivity index (χ4v) is 5.88. The molecule has 0 saturated carbocycles. The van der Waals surface area contributed by atoms with Crippen molar-refractivity contribution in [3.8, 4) is 11.5 Å². The number of benzene rings is 2. The molecule has 0 aliphatic carbocycles. The molecular weight excluding hydrogens is 480 g/mol. The first-order valence-corrected chi connectivity index (χ1v) is 12.8. The number of hydrogen-bond acceptors (Lipinski definition) is 8. The van der Waals surface area contributed by atoms with E-state index in [1.165, 1.54) is 0 Å². The van der Waals surface area contributed by atoms with Gasteiger partial charge in [-0.05, 0) is 82.5 Å². The number of likely N-dealkylation sites (N-methyl/N-ethyl adjacent to an activating group) is 1. The molecule has 0 spiro atoms. The van der Waals surface area contributed by atoms with Crippen molar-refractivity contribution in [3.05, 3.63) is 57.6 Å². The number of phenolic OH excluding ortho intramolecular Hbond substituents is 1. The van der Waals surface area contributed by atoms with Gasteiger partial charge in [-0.1, -0.05) is 23.9 Å². The molecule has 2 N–H and O–H groups in total. The number of phenols is 1. The Morgan fingerprint density at radius 3 is 2.42 bits per heavy atom. The summed E-state index contributed by atoms with van der Waals surface area (Å²) in [5, 5.41) is 12.1. The van der Waals surface area contributed by atoms with Gasteiger partial charge in [0.25, 0.3) is 5.24 Å². The highest BCUT2D eigenvalue weighted by atomic mass is 32.2. The number of fused-ring (bicyclic) bond motifs is 1. The first-order chi connectivity index (χ1) is 16.9. The predicted octanol–water partition coefficient (Wildman–Crippen LogP) is 4.21. The standard InChI is InChI=1S/C27H32N2O6S/c1-14-15(2)22-20(16(3)21(14)30)23(27(4,5)35-22)29(6)11-12-34-25(32)18-9-7-17(8-10-18)13-19-24(31)28-26(33)36-19/h7-10,19,23,30H,11-13H2,1-6H3,(H,28,31,33). The number of esters is 1. The Morgan fingerprint density at radius 2 is 1.81 bits per heavy atom. The number of carbonyl (C=O) groups excluding carboxylic acids is 3. The number of aromatic hydroxyl groups is 1. The quantitative estimate of drug-likeness (QED) is 0.532. The molecule has 2 atom stereocenters. The molecule has 0 aromatic heterocycles. The monoisotopic (exact) mass is 512 g/mol. The van der Waals surface area contributed by atoms with Crippen LogP contribution in [0, 0.1) is 20.8 Å². The third-order valence-electron chi connectivity index (χ3n) is 7.05. The summed E-state index contributed by atoms with van der Waals surface area (Å²) >= 11 is 0.983. The Balaban J connectivity index is 1.37. The van der Waals surface area contributed by atoms with Crippen LogP contribution >= 0.6 is 11.8 Å². The zero-order valence-corrected chi connectivity index (χ0v) is 22.2. The lowest BCUT2D eigenvalue weighted by atomic mass is 9.88. The van der Waals surface area contributed by atoms with Gasteiger partial charge in [0, 0.05) is 12.1 Å². The van der Waals surface area contributed by atoms with Crippen LogP contribution in [-0.4, -0.2) is 58.2 Å². The van der Waals surface area contributed by atoms with Gasteiger partial charge in [-0.25, -0.2) is 4.79 Å². The Kier molecular flexibility index (Phi) is 7.07. The largest absolute Gasteiger partial charge is 0.507 e. The van der Waals surface area contributed by atoms with Crippen LogP contribution < -0.4 is 10.1 Å². The zero-order valence-electron chi connectivity index (χ0n) is 21.4. The van der Waals surface area contributed by atoms with E-state index in [-0.39, 0.29) is 23.8 Å². The highest BCUT2D eigenvalue weighted by Gasteiger charge is 2.46. The smallest absolute Gasteiger partial charge is 0.338 e. The number of ether oxygens (including phenoxy) is 2. The average Bonchev–Trinajstić information content (AvgIpc) is 3.30. The molecule has 0 bridgehead atoms. The summed E-state index contributed by atoms with van der Waals surface area (Å²) in [6, 6.07) is 6.76. The number of hydrogen-bond donors (Lipinski definition) is 2. The van der Waals surface area contributed by atoms with Gasteiger partial charge in [0.15, 0.2) is 0 Å². The first kappa shape index (κ1) is 26.0.